The summed E-state index contributed by atoms with van der Waals surface area (Å²) in [4.78, 5) is 2.59. The van der Waals surface area contributed by atoms with E-state index in [-0.39, 0.29) is 0 Å². The SMILES string of the molecule is CCCNCC(C(C)C)N(C)C(CC)CSC. The zero-order chi connectivity index (χ0) is 13.3. The van der Waals surface area contributed by atoms with Crippen molar-refractivity contribution in [3.05, 3.63) is 0 Å². The number of nitrogens with zero attached hydrogens (tertiary/aromatic N) is 1. The lowest BCUT2D eigenvalue weighted by atomic mass is 10.0. The maximum Gasteiger partial charge on any atom is 0.0243 e. The van der Waals surface area contributed by atoms with Gasteiger partial charge in [0.2, 0.25) is 0 Å². The van der Waals surface area contributed by atoms with Crippen molar-refractivity contribution >= 4 is 11.8 Å². The molecule has 2 nitrogen and oxygen atoms in total. The van der Waals surface area contributed by atoms with Crippen LogP contribution in [0.15, 0.2) is 0 Å². The van der Waals surface area contributed by atoms with Crippen LogP contribution in [0.3, 0.4) is 0 Å². The Morgan fingerprint density at radius 3 is 2.29 bits per heavy atom. The highest BCUT2D eigenvalue weighted by molar-refractivity contribution is 7.98. The highest BCUT2D eigenvalue weighted by Gasteiger charge is 2.23. The lowest BCUT2D eigenvalue weighted by Gasteiger charge is -2.37. The van der Waals surface area contributed by atoms with Gasteiger partial charge in [0, 0.05) is 24.4 Å². The maximum absolute atomic E-state index is 3.57. The van der Waals surface area contributed by atoms with Crippen molar-refractivity contribution in [1.29, 1.82) is 0 Å². The molecule has 0 aliphatic rings. The van der Waals surface area contributed by atoms with Gasteiger partial charge in [-0.15, -0.1) is 0 Å². The van der Waals surface area contributed by atoms with Gasteiger partial charge in [-0.3, -0.25) is 4.90 Å². The van der Waals surface area contributed by atoms with Gasteiger partial charge in [0.1, 0.15) is 0 Å². The number of likely N-dealkylation sites (N-methyl/N-ethyl adjacent to an activating group) is 1. The first-order chi connectivity index (χ1) is 8.08. The van der Waals surface area contributed by atoms with Gasteiger partial charge in [-0.25, -0.2) is 0 Å². The molecule has 17 heavy (non-hydrogen) atoms. The van der Waals surface area contributed by atoms with Crippen LogP contribution in [0.5, 0.6) is 0 Å². The average Bonchev–Trinajstić information content (AvgIpc) is 2.30. The van der Waals surface area contributed by atoms with Crippen LogP contribution in [-0.2, 0) is 0 Å². The van der Waals surface area contributed by atoms with E-state index in [1.165, 1.54) is 18.6 Å². The number of rotatable bonds is 10. The topological polar surface area (TPSA) is 15.3 Å². The largest absolute Gasteiger partial charge is 0.315 e. The molecule has 0 rings (SSSR count). The van der Waals surface area contributed by atoms with Crippen molar-refractivity contribution in [1.82, 2.24) is 10.2 Å². The fraction of sp³-hybridized carbons (Fsp3) is 1.00. The van der Waals surface area contributed by atoms with Gasteiger partial charge >= 0.3 is 0 Å². The number of thioether (sulfide) groups is 1. The minimum Gasteiger partial charge on any atom is -0.315 e. The Morgan fingerprint density at radius 2 is 1.88 bits per heavy atom. The Morgan fingerprint density at radius 1 is 1.24 bits per heavy atom. The summed E-state index contributed by atoms with van der Waals surface area (Å²) in [5, 5.41) is 3.57. The third kappa shape index (κ3) is 6.68. The van der Waals surface area contributed by atoms with E-state index in [1.807, 2.05) is 11.8 Å². The third-order valence-corrected chi connectivity index (χ3v) is 4.20. The molecule has 0 saturated carbocycles. The molecule has 104 valence electrons. The summed E-state index contributed by atoms with van der Waals surface area (Å²) in [6.45, 7) is 11.4. The Kier molecular flexibility index (Phi) is 10.4. The van der Waals surface area contributed by atoms with Gasteiger partial charge in [-0.05, 0) is 38.6 Å². The van der Waals surface area contributed by atoms with Gasteiger partial charge < -0.3 is 5.32 Å². The molecule has 0 radical (unpaired) electrons. The Bertz CT molecular complexity index is 174. The van der Waals surface area contributed by atoms with E-state index in [1.54, 1.807) is 0 Å². The van der Waals surface area contributed by atoms with Crippen LogP contribution in [0.4, 0.5) is 0 Å². The molecule has 0 aliphatic heterocycles. The summed E-state index contributed by atoms with van der Waals surface area (Å²) >= 11 is 1.96. The van der Waals surface area contributed by atoms with Crippen LogP contribution in [-0.4, -0.2) is 49.1 Å². The second-order valence-corrected chi connectivity index (χ2v) is 6.11. The highest BCUT2D eigenvalue weighted by atomic mass is 32.2. The first kappa shape index (κ1) is 17.3. The smallest absolute Gasteiger partial charge is 0.0243 e. The summed E-state index contributed by atoms with van der Waals surface area (Å²) in [5.41, 5.74) is 0. The molecule has 0 heterocycles. The van der Waals surface area contributed by atoms with E-state index in [0.29, 0.717) is 18.0 Å². The molecule has 3 heteroatoms. The fourth-order valence-electron chi connectivity index (χ4n) is 2.26. The maximum atomic E-state index is 3.57. The molecule has 0 amide bonds. The Balaban J connectivity index is 4.34. The molecule has 0 bridgehead atoms. The van der Waals surface area contributed by atoms with Crippen molar-refractivity contribution in [3.63, 3.8) is 0 Å². The number of hydrogen-bond acceptors (Lipinski definition) is 3. The zero-order valence-electron chi connectivity index (χ0n) is 12.6. The van der Waals surface area contributed by atoms with E-state index in [2.05, 4.69) is 51.2 Å². The Hall–Kier alpha value is 0.270. The molecule has 0 aromatic carbocycles. The Labute approximate surface area is 113 Å². The van der Waals surface area contributed by atoms with Crippen molar-refractivity contribution < 1.29 is 0 Å². The predicted octanol–water partition coefficient (Wildman–Crippen LogP) is 3.08. The van der Waals surface area contributed by atoms with Crippen LogP contribution in [0, 0.1) is 5.92 Å². The quantitative estimate of drug-likeness (QED) is 0.608. The summed E-state index contributed by atoms with van der Waals surface area (Å²) in [5.74, 6) is 1.95. The van der Waals surface area contributed by atoms with E-state index >= 15 is 0 Å². The molecule has 0 saturated heterocycles. The molecule has 0 aromatic rings. The standard InChI is InChI=1S/C14H32N2S/c1-7-9-15-10-14(12(3)4)16(5)13(8-2)11-17-6/h12-15H,7-11H2,1-6H3. The lowest BCUT2D eigenvalue weighted by molar-refractivity contribution is 0.141. The monoisotopic (exact) mass is 260 g/mol. The summed E-state index contributed by atoms with van der Waals surface area (Å²) in [7, 11) is 2.29. The summed E-state index contributed by atoms with van der Waals surface area (Å²) in [6.07, 6.45) is 4.67. The van der Waals surface area contributed by atoms with Crippen molar-refractivity contribution in [2.45, 2.75) is 52.6 Å². The molecule has 0 aromatic heterocycles. The van der Waals surface area contributed by atoms with Crippen LogP contribution in [0.25, 0.3) is 0 Å². The van der Waals surface area contributed by atoms with Crippen molar-refractivity contribution in [2.24, 2.45) is 5.92 Å². The number of hydrogen-bond donors (Lipinski definition) is 1. The third-order valence-electron chi connectivity index (χ3n) is 3.48. The first-order valence-corrected chi connectivity index (χ1v) is 8.39. The van der Waals surface area contributed by atoms with Crippen LogP contribution in [0.1, 0.15) is 40.5 Å². The van der Waals surface area contributed by atoms with Crippen LogP contribution >= 0.6 is 11.8 Å². The van der Waals surface area contributed by atoms with Crippen molar-refractivity contribution in [3.8, 4) is 0 Å². The van der Waals surface area contributed by atoms with E-state index < -0.39 is 0 Å². The molecule has 0 spiro atoms. The molecular formula is C14H32N2S. The van der Waals surface area contributed by atoms with Gasteiger partial charge in [0.25, 0.3) is 0 Å². The van der Waals surface area contributed by atoms with Gasteiger partial charge in [0.15, 0.2) is 0 Å². The van der Waals surface area contributed by atoms with Gasteiger partial charge in [0.05, 0.1) is 0 Å². The summed E-state index contributed by atoms with van der Waals surface area (Å²) < 4.78 is 0. The average molecular weight is 260 g/mol. The molecule has 1 N–H and O–H groups in total. The molecule has 2 atom stereocenters. The van der Waals surface area contributed by atoms with E-state index in [0.717, 1.165) is 13.1 Å². The lowest BCUT2D eigenvalue weighted by Crippen LogP contribution is -2.49. The minimum absolute atomic E-state index is 0.652. The second kappa shape index (κ2) is 10.2. The minimum atomic E-state index is 0.652. The first-order valence-electron chi connectivity index (χ1n) is 6.99. The molecular weight excluding hydrogens is 228 g/mol. The van der Waals surface area contributed by atoms with Crippen molar-refractivity contribution in [2.75, 3.05) is 32.1 Å². The van der Waals surface area contributed by atoms with Crippen LogP contribution in [0.2, 0.25) is 0 Å². The fourth-order valence-corrected chi connectivity index (χ4v) is 3.12. The van der Waals surface area contributed by atoms with E-state index in [9.17, 15) is 0 Å². The second-order valence-electron chi connectivity index (χ2n) is 5.20. The van der Waals surface area contributed by atoms with Crippen LogP contribution < -0.4 is 5.32 Å². The highest BCUT2D eigenvalue weighted by Crippen LogP contribution is 2.16. The van der Waals surface area contributed by atoms with Gasteiger partial charge in [-0.2, -0.15) is 11.8 Å². The zero-order valence-corrected chi connectivity index (χ0v) is 13.4. The number of nitrogens with one attached hydrogen (secondary N) is 1. The molecule has 0 aliphatic carbocycles. The summed E-state index contributed by atoms with van der Waals surface area (Å²) in [6, 6.07) is 1.36. The predicted molar refractivity (Wildman–Crippen MR) is 82.0 cm³/mol. The molecule has 2 unspecified atom stereocenters. The van der Waals surface area contributed by atoms with E-state index in [4.69, 9.17) is 0 Å². The normalized spacial score (nSPS) is 15.5. The van der Waals surface area contributed by atoms with Gasteiger partial charge in [-0.1, -0.05) is 27.7 Å². The molecule has 0 fully saturated rings.